The first-order valence-corrected chi connectivity index (χ1v) is 9.56. The van der Waals surface area contributed by atoms with Gasteiger partial charge in [0, 0.05) is 11.6 Å². The molecule has 30 heavy (non-hydrogen) atoms. The Labute approximate surface area is 175 Å². The highest BCUT2D eigenvalue weighted by Gasteiger charge is 2.24. The topological polar surface area (TPSA) is 104 Å². The molecule has 0 aromatic heterocycles. The molecule has 0 fully saturated rings. The summed E-state index contributed by atoms with van der Waals surface area (Å²) in [5.74, 6) is 1.34. The minimum Gasteiger partial charge on any atom is -0.494 e. The van der Waals surface area contributed by atoms with Crippen LogP contribution in [0.25, 0.3) is 0 Å². The molecule has 1 amide bonds. The first-order valence-electron chi connectivity index (χ1n) is 9.56. The largest absolute Gasteiger partial charge is 0.494 e. The highest BCUT2D eigenvalue weighted by molar-refractivity contribution is 5.95. The lowest BCUT2D eigenvalue weighted by atomic mass is 10.1. The summed E-state index contributed by atoms with van der Waals surface area (Å²) < 4.78 is 16.1. The van der Waals surface area contributed by atoms with E-state index in [0.29, 0.717) is 30.3 Å². The van der Waals surface area contributed by atoms with Crippen LogP contribution < -0.4 is 24.4 Å². The Bertz CT molecular complexity index is 902. The van der Waals surface area contributed by atoms with Gasteiger partial charge in [-0.05, 0) is 38.1 Å². The maximum atomic E-state index is 12.7. The van der Waals surface area contributed by atoms with Crippen LogP contribution in [0.2, 0.25) is 0 Å². The van der Waals surface area contributed by atoms with Gasteiger partial charge in [0.05, 0.1) is 44.6 Å². The van der Waals surface area contributed by atoms with Crippen molar-refractivity contribution in [3.05, 3.63) is 52.1 Å². The highest BCUT2D eigenvalue weighted by Crippen LogP contribution is 2.29. The third kappa shape index (κ3) is 5.60. The molecule has 0 aliphatic heterocycles. The van der Waals surface area contributed by atoms with Crippen molar-refractivity contribution in [2.24, 2.45) is 0 Å². The molecule has 0 aliphatic rings. The number of hydrogen-bond donors (Lipinski definition) is 2. The number of nitro groups is 1. The van der Waals surface area contributed by atoms with Crippen molar-refractivity contribution < 1.29 is 28.8 Å². The Kier molecular flexibility index (Phi) is 7.99. The van der Waals surface area contributed by atoms with E-state index < -0.39 is 4.92 Å². The number of likely N-dealkylation sites (N-methyl/N-ethyl adjacent to an activating group) is 1. The van der Waals surface area contributed by atoms with Gasteiger partial charge in [0.2, 0.25) is 0 Å². The van der Waals surface area contributed by atoms with Crippen LogP contribution in [0.4, 0.5) is 11.4 Å². The van der Waals surface area contributed by atoms with Gasteiger partial charge in [-0.25, -0.2) is 0 Å². The van der Waals surface area contributed by atoms with Crippen molar-refractivity contribution in [1.29, 1.82) is 0 Å². The molecule has 162 valence electrons. The average molecular weight is 418 g/mol. The molecule has 2 rings (SSSR count). The average Bonchev–Trinajstić information content (AvgIpc) is 2.74. The number of non-ortho nitro benzene ring substituents is 1. The second kappa shape index (κ2) is 10.4. The third-order valence-corrected chi connectivity index (χ3v) is 4.80. The van der Waals surface area contributed by atoms with Crippen molar-refractivity contribution in [2.45, 2.75) is 26.4 Å². The van der Waals surface area contributed by atoms with E-state index in [9.17, 15) is 14.9 Å². The molecular formula is C21H28N3O6+. The quantitative estimate of drug-likeness (QED) is 0.452. The van der Waals surface area contributed by atoms with Crippen LogP contribution in [0.3, 0.4) is 0 Å². The van der Waals surface area contributed by atoms with Gasteiger partial charge >= 0.3 is 0 Å². The van der Waals surface area contributed by atoms with Gasteiger partial charge in [-0.1, -0.05) is 0 Å². The van der Waals surface area contributed by atoms with Gasteiger partial charge in [0.1, 0.15) is 12.3 Å². The van der Waals surface area contributed by atoms with E-state index >= 15 is 0 Å². The predicted octanol–water partition coefficient (Wildman–Crippen LogP) is 2.05. The minimum atomic E-state index is -0.514. The maximum Gasteiger partial charge on any atom is 0.282 e. The Morgan fingerprint density at radius 3 is 2.43 bits per heavy atom. The Morgan fingerprint density at radius 1 is 1.13 bits per heavy atom. The van der Waals surface area contributed by atoms with E-state index in [1.54, 1.807) is 7.11 Å². The second-order valence-electron chi connectivity index (χ2n) is 6.79. The van der Waals surface area contributed by atoms with Crippen molar-refractivity contribution in [3.63, 3.8) is 0 Å². The van der Waals surface area contributed by atoms with Gasteiger partial charge in [-0.3, -0.25) is 14.9 Å². The fourth-order valence-corrected chi connectivity index (χ4v) is 2.93. The number of carbonyl (C=O) groups is 1. The zero-order valence-electron chi connectivity index (χ0n) is 17.9. The molecule has 9 nitrogen and oxygen atoms in total. The summed E-state index contributed by atoms with van der Waals surface area (Å²) in [6.45, 7) is 4.86. The lowest BCUT2D eigenvalue weighted by Crippen LogP contribution is -3.12. The summed E-state index contributed by atoms with van der Waals surface area (Å²) >= 11 is 0. The lowest BCUT2D eigenvalue weighted by molar-refractivity contribution is -0.907. The van der Waals surface area contributed by atoms with Gasteiger partial charge in [0.15, 0.2) is 17.5 Å². The van der Waals surface area contributed by atoms with Crippen LogP contribution in [0.15, 0.2) is 36.4 Å². The molecule has 0 saturated carbocycles. The molecule has 0 aliphatic carbocycles. The standard InChI is InChI=1S/C21H27N3O6/c1-6-30-18-10-7-15(11-20(18)29-5)13-23(3)14(2)21(25)22-17-9-8-16(24(26)27)12-19(17)28-4/h7-12,14H,6,13H2,1-5H3,(H,22,25)/p+1/t14-/m0/s1. The van der Waals surface area contributed by atoms with E-state index in [1.807, 2.05) is 39.1 Å². The normalized spacial score (nSPS) is 12.6. The number of carbonyl (C=O) groups excluding carboxylic acids is 1. The summed E-state index contributed by atoms with van der Waals surface area (Å²) in [4.78, 5) is 24.1. The van der Waals surface area contributed by atoms with Gasteiger partial charge < -0.3 is 24.4 Å². The number of nitro benzene ring substituents is 1. The number of anilines is 1. The van der Waals surface area contributed by atoms with E-state index in [0.717, 1.165) is 10.5 Å². The molecule has 0 radical (unpaired) electrons. The summed E-state index contributed by atoms with van der Waals surface area (Å²) in [6, 6.07) is 9.39. The van der Waals surface area contributed by atoms with Crippen LogP contribution in [0, 0.1) is 10.1 Å². The smallest absolute Gasteiger partial charge is 0.282 e. The van der Waals surface area contributed by atoms with Crippen molar-refractivity contribution in [3.8, 4) is 17.2 Å². The van der Waals surface area contributed by atoms with Crippen LogP contribution in [-0.2, 0) is 11.3 Å². The number of hydrogen-bond acceptors (Lipinski definition) is 6. The Balaban J connectivity index is 2.08. The van der Waals surface area contributed by atoms with Crippen LogP contribution in [0.5, 0.6) is 17.2 Å². The molecule has 2 aromatic carbocycles. The SMILES string of the molecule is CCOc1ccc(C[NH+](C)[C@@H](C)C(=O)Nc2ccc([N+](=O)[O-])cc2OC)cc1OC. The monoisotopic (exact) mass is 418 g/mol. The van der Waals surface area contributed by atoms with Crippen LogP contribution in [-0.4, -0.2) is 44.7 Å². The van der Waals surface area contributed by atoms with E-state index in [-0.39, 0.29) is 23.4 Å². The molecule has 2 atom stereocenters. The number of nitrogens with zero attached hydrogens (tertiary/aromatic N) is 1. The maximum absolute atomic E-state index is 12.7. The zero-order valence-corrected chi connectivity index (χ0v) is 17.9. The van der Waals surface area contributed by atoms with Crippen LogP contribution >= 0.6 is 0 Å². The van der Waals surface area contributed by atoms with Crippen molar-refractivity contribution >= 4 is 17.3 Å². The molecule has 0 saturated heterocycles. The number of rotatable bonds is 10. The Hall–Kier alpha value is -3.33. The zero-order chi connectivity index (χ0) is 22.3. The van der Waals surface area contributed by atoms with Gasteiger partial charge in [-0.2, -0.15) is 0 Å². The molecule has 0 spiro atoms. The first kappa shape index (κ1) is 23.0. The summed E-state index contributed by atoms with van der Waals surface area (Å²) in [5.41, 5.74) is 1.28. The van der Waals surface area contributed by atoms with Gasteiger partial charge in [-0.15, -0.1) is 0 Å². The lowest BCUT2D eigenvalue weighted by Gasteiger charge is -2.22. The van der Waals surface area contributed by atoms with Crippen molar-refractivity contribution in [2.75, 3.05) is 33.2 Å². The van der Waals surface area contributed by atoms with Gasteiger partial charge in [0.25, 0.3) is 11.6 Å². The molecule has 2 aromatic rings. The summed E-state index contributed by atoms with van der Waals surface area (Å²) in [7, 11) is 4.90. The molecule has 0 bridgehead atoms. The van der Waals surface area contributed by atoms with E-state index in [1.165, 1.54) is 25.3 Å². The fourth-order valence-electron chi connectivity index (χ4n) is 2.93. The number of methoxy groups -OCH3 is 2. The Morgan fingerprint density at radius 2 is 1.83 bits per heavy atom. The molecule has 2 N–H and O–H groups in total. The summed E-state index contributed by atoms with van der Waals surface area (Å²) in [5, 5.41) is 13.7. The number of quaternary nitrogens is 1. The number of ether oxygens (including phenoxy) is 3. The molecule has 9 heteroatoms. The summed E-state index contributed by atoms with van der Waals surface area (Å²) in [6.07, 6.45) is 0. The molecule has 0 heterocycles. The van der Waals surface area contributed by atoms with Crippen molar-refractivity contribution in [1.82, 2.24) is 0 Å². The van der Waals surface area contributed by atoms with Crippen LogP contribution in [0.1, 0.15) is 19.4 Å². The highest BCUT2D eigenvalue weighted by atomic mass is 16.6. The third-order valence-electron chi connectivity index (χ3n) is 4.80. The number of nitrogens with one attached hydrogen (secondary N) is 2. The second-order valence-corrected chi connectivity index (χ2v) is 6.79. The molecular weight excluding hydrogens is 390 g/mol. The minimum absolute atomic E-state index is 0.106. The van der Waals surface area contributed by atoms with E-state index in [4.69, 9.17) is 14.2 Å². The van der Waals surface area contributed by atoms with E-state index in [2.05, 4.69) is 5.32 Å². The number of benzene rings is 2. The fraction of sp³-hybridized carbons (Fsp3) is 0.381. The molecule has 1 unspecified atom stereocenters. The number of amides is 1. The first-order chi connectivity index (χ1) is 14.3. The predicted molar refractivity (Wildman–Crippen MR) is 112 cm³/mol.